The Kier molecular flexibility index (Phi) is 4.93. The Morgan fingerprint density at radius 1 is 1.30 bits per heavy atom. The van der Waals surface area contributed by atoms with Gasteiger partial charge in [-0.25, -0.2) is 0 Å². The van der Waals surface area contributed by atoms with Gasteiger partial charge in [-0.05, 0) is 19.0 Å². The Morgan fingerprint density at radius 3 is 2.83 bits per heavy atom. The quantitative estimate of drug-likeness (QED) is 0.874. The number of carbonyl (C=O) groups excluding carboxylic acids is 2. The number of likely N-dealkylation sites (N-methyl/N-ethyl adjacent to an activating group) is 1. The highest BCUT2D eigenvalue weighted by molar-refractivity contribution is 5.85. The predicted molar refractivity (Wildman–Crippen MR) is 85.8 cm³/mol. The Labute approximate surface area is 136 Å². The van der Waals surface area contributed by atoms with Gasteiger partial charge in [0.2, 0.25) is 11.8 Å². The van der Waals surface area contributed by atoms with Gasteiger partial charge in [0.1, 0.15) is 6.61 Å². The Hall–Kier alpha value is -1.92. The number of nitrogens with one attached hydrogen (secondary N) is 1. The fourth-order valence-electron chi connectivity index (χ4n) is 3.38. The lowest BCUT2D eigenvalue weighted by Crippen LogP contribution is -2.49. The monoisotopic (exact) mass is 317 g/mol. The van der Waals surface area contributed by atoms with E-state index in [1.165, 1.54) is 5.56 Å². The number of benzene rings is 1. The summed E-state index contributed by atoms with van der Waals surface area (Å²) in [5, 5.41) is 3.11. The maximum atomic E-state index is 12.3. The Morgan fingerprint density at radius 2 is 2.09 bits per heavy atom. The summed E-state index contributed by atoms with van der Waals surface area (Å²) in [6.07, 6.45) is 0.916. The molecule has 0 saturated carbocycles. The zero-order chi connectivity index (χ0) is 16.2. The van der Waals surface area contributed by atoms with Gasteiger partial charge in [0.15, 0.2) is 0 Å². The number of hydrogen-bond acceptors (Lipinski definition) is 4. The normalized spacial score (nSPS) is 25.6. The molecule has 2 heterocycles. The molecule has 1 aromatic rings. The van der Waals surface area contributed by atoms with E-state index < -0.39 is 0 Å². The number of nitrogens with zero attached hydrogens (tertiary/aromatic N) is 2. The molecular weight excluding hydrogens is 294 g/mol. The first kappa shape index (κ1) is 16.0. The molecule has 0 spiro atoms. The fourth-order valence-corrected chi connectivity index (χ4v) is 3.38. The number of likely N-dealkylation sites (tertiary alicyclic amines) is 1. The number of rotatable bonds is 4. The smallest absolute Gasteiger partial charge is 0.249 e. The first-order valence-electron chi connectivity index (χ1n) is 8.05. The molecular formula is C17H23N3O3. The number of amides is 2. The van der Waals surface area contributed by atoms with Crippen LogP contribution in [0.5, 0.6) is 0 Å². The summed E-state index contributed by atoms with van der Waals surface area (Å²) in [4.78, 5) is 27.9. The molecule has 2 aliphatic heterocycles. The molecule has 2 fully saturated rings. The summed E-state index contributed by atoms with van der Waals surface area (Å²) in [5.74, 6) is -0.212. The minimum absolute atomic E-state index is 0.0750. The van der Waals surface area contributed by atoms with Crippen molar-refractivity contribution in [2.24, 2.45) is 0 Å². The third-order valence-electron chi connectivity index (χ3n) is 4.55. The van der Waals surface area contributed by atoms with Crippen molar-refractivity contribution < 1.29 is 14.3 Å². The number of carbonyl (C=O) groups is 2. The summed E-state index contributed by atoms with van der Waals surface area (Å²) in [6.45, 7) is 2.12. The van der Waals surface area contributed by atoms with E-state index in [2.05, 4.69) is 29.4 Å². The summed E-state index contributed by atoms with van der Waals surface area (Å²) >= 11 is 0. The van der Waals surface area contributed by atoms with Crippen LogP contribution in [0.3, 0.4) is 0 Å². The van der Waals surface area contributed by atoms with E-state index in [4.69, 9.17) is 4.74 Å². The molecule has 0 aromatic heterocycles. The number of ether oxygens (including phenoxy) is 1. The van der Waals surface area contributed by atoms with Gasteiger partial charge in [-0.15, -0.1) is 0 Å². The van der Waals surface area contributed by atoms with Crippen LogP contribution < -0.4 is 5.32 Å². The van der Waals surface area contributed by atoms with Gasteiger partial charge in [0.05, 0.1) is 19.2 Å². The molecule has 1 N–H and O–H groups in total. The summed E-state index contributed by atoms with van der Waals surface area (Å²) in [6, 6.07) is 10.5. The van der Waals surface area contributed by atoms with Gasteiger partial charge >= 0.3 is 0 Å². The highest BCUT2D eigenvalue weighted by Gasteiger charge is 2.34. The van der Waals surface area contributed by atoms with Crippen LogP contribution in [0.15, 0.2) is 30.3 Å². The van der Waals surface area contributed by atoms with Crippen molar-refractivity contribution in [1.29, 1.82) is 0 Å². The minimum Gasteiger partial charge on any atom is -0.370 e. The van der Waals surface area contributed by atoms with Gasteiger partial charge in [0, 0.05) is 19.1 Å². The standard InChI is InChI=1S/C17H23N3O3/c1-19-8-7-14(17(19)13-5-3-2-4-6-13)18-15(21)11-20-9-10-23-12-16(20)22/h2-6,14,17H,7-12H2,1H3,(H,18,21)/t14-,17-/m0/s1. The molecule has 2 aliphatic rings. The molecule has 0 aliphatic carbocycles. The fraction of sp³-hybridized carbons (Fsp3) is 0.529. The second-order valence-electron chi connectivity index (χ2n) is 6.17. The van der Waals surface area contributed by atoms with Crippen molar-refractivity contribution in [1.82, 2.24) is 15.1 Å². The lowest BCUT2D eigenvalue weighted by atomic mass is 10.0. The van der Waals surface area contributed by atoms with Gasteiger partial charge in [0.25, 0.3) is 0 Å². The first-order chi connectivity index (χ1) is 11.1. The summed E-state index contributed by atoms with van der Waals surface area (Å²) in [5.41, 5.74) is 1.21. The van der Waals surface area contributed by atoms with E-state index in [1.54, 1.807) is 4.90 Å². The minimum atomic E-state index is -0.116. The van der Waals surface area contributed by atoms with E-state index in [9.17, 15) is 9.59 Å². The van der Waals surface area contributed by atoms with Crippen molar-refractivity contribution in [3.05, 3.63) is 35.9 Å². The zero-order valence-electron chi connectivity index (χ0n) is 13.4. The Bertz CT molecular complexity index is 563. The van der Waals surface area contributed by atoms with E-state index in [-0.39, 0.29) is 37.0 Å². The molecule has 124 valence electrons. The lowest BCUT2D eigenvalue weighted by molar-refractivity contribution is -0.146. The van der Waals surface area contributed by atoms with E-state index in [0.29, 0.717) is 13.2 Å². The first-order valence-corrected chi connectivity index (χ1v) is 8.05. The van der Waals surface area contributed by atoms with Gasteiger partial charge < -0.3 is 15.0 Å². The van der Waals surface area contributed by atoms with Crippen LogP contribution in [0.4, 0.5) is 0 Å². The molecule has 2 amide bonds. The SMILES string of the molecule is CN1CC[C@H](NC(=O)CN2CCOCC2=O)[C@@H]1c1ccccc1. The highest BCUT2D eigenvalue weighted by atomic mass is 16.5. The van der Waals surface area contributed by atoms with Crippen LogP contribution in [0, 0.1) is 0 Å². The molecule has 1 aromatic carbocycles. The second kappa shape index (κ2) is 7.10. The summed E-state index contributed by atoms with van der Waals surface area (Å²) < 4.78 is 5.09. The predicted octanol–water partition coefficient (Wildman–Crippen LogP) is 0.407. The molecule has 6 nitrogen and oxygen atoms in total. The number of morpholine rings is 1. The highest BCUT2D eigenvalue weighted by Crippen LogP contribution is 2.30. The molecule has 0 radical (unpaired) electrons. The zero-order valence-corrected chi connectivity index (χ0v) is 13.4. The van der Waals surface area contributed by atoms with Crippen molar-refractivity contribution in [2.75, 3.05) is 39.9 Å². The van der Waals surface area contributed by atoms with Crippen LogP contribution in [0.2, 0.25) is 0 Å². The molecule has 2 atom stereocenters. The Balaban J connectivity index is 1.62. The van der Waals surface area contributed by atoms with Crippen molar-refractivity contribution in [2.45, 2.75) is 18.5 Å². The van der Waals surface area contributed by atoms with Gasteiger partial charge in [-0.3, -0.25) is 14.5 Å². The molecule has 23 heavy (non-hydrogen) atoms. The van der Waals surface area contributed by atoms with Crippen LogP contribution in [-0.2, 0) is 14.3 Å². The largest absolute Gasteiger partial charge is 0.370 e. The van der Waals surface area contributed by atoms with Crippen LogP contribution in [0.1, 0.15) is 18.0 Å². The van der Waals surface area contributed by atoms with Crippen molar-refractivity contribution in [3.8, 4) is 0 Å². The molecule has 0 unspecified atom stereocenters. The van der Waals surface area contributed by atoms with Crippen LogP contribution in [0.25, 0.3) is 0 Å². The molecule has 3 rings (SSSR count). The average molecular weight is 317 g/mol. The second-order valence-corrected chi connectivity index (χ2v) is 6.17. The summed E-state index contributed by atoms with van der Waals surface area (Å²) in [7, 11) is 2.08. The van der Waals surface area contributed by atoms with Crippen LogP contribution >= 0.6 is 0 Å². The molecule has 0 bridgehead atoms. The van der Waals surface area contributed by atoms with Crippen molar-refractivity contribution >= 4 is 11.8 Å². The molecule has 6 heteroatoms. The topological polar surface area (TPSA) is 61.9 Å². The lowest BCUT2D eigenvalue weighted by Gasteiger charge is -2.29. The third kappa shape index (κ3) is 3.71. The van der Waals surface area contributed by atoms with Gasteiger partial charge in [-0.2, -0.15) is 0 Å². The van der Waals surface area contributed by atoms with E-state index in [0.717, 1.165) is 13.0 Å². The van der Waals surface area contributed by atoms with Crippen molar-refractivity contribution in [3.63, 3.8) is 0 Å². The average Bonchev–Trinajstić information content (AvgIpc) is 2.91. The van der Waals surface area contributed by atoms with E-state index >= 15 is 0 Å². The molecule has 2 saturated heterocycles. The van der Waals surface area contributed by atoms with Crippen LogP contribution in [-0.4, -0.2) is 67.6 Å². The van der Waals surface area contributed by atoms with E-state index in [1.807, 2.05) is 18.2 Å². The maximum Gasteiger partial charge on any atom is 0.249 e. The maximum absolute atomic E-state index is 12.3. The van der Waals surface area contributed by atoms with Gasteiger partial charge in [-0.1, -0.05) is 30.3 Å². The third-order valence-corrected chi connectivity index (χ3v) is 4.55. The number of hydrogen-bond donors (Lipinski definition) is 1.